The minimum absolute atomic E-state index is 0.323. The Morgan fingerprint density at radius 3 is 1.81 bits per heavy atom. The van der Waals surface area contributed by atoms with Crippen molar-refractivity contribution in [1.82, 2.24) is 4.98 Å². The molecule has 0 aliphatic heterocycles. The Balaban J connectivity index is 1.90. The second-order valence-corrected chi connectivity index (χ2v) is 6.95. The Kier molecular flexibility index (Phi) is 5.84. The van der Waals surface area contributed by atoms with E-state index in [0.29, 0.717) is 28.8 Å². The van der Waals surface area contributed by atoms with Crippen molar-refractivity contribution in [1.29, 1.82) is 0 Å². The lowest BCUT2D eigenvalue weighted by atomic mass is 10.3. The Bertz CT molecular complexity index is 883. The van der Waals surface area contributed by atoms with E-state index in [2.05, 4.69) is 10.1 Å². The van der Waals surface area contributed by atoms with E-state index in [1.54, 1.807) is 72.9 Å². The van der Waals surface area contributed by atoms with Gasteiger partial charge in [-0.05, 0) is 36.4 Å². The highest BCUT2D eigenvalue weighted by molar-refractivity contribution is 7.56. The molecule has 1 heterocycles. The number of anilines is 1. The monoisotopic (exact) mass is 386 g/mol. The molecule has 1 N–H and O–H groups in total. The number of pyridine rings is 1. The van der Waals surface area contributed by atoms with Crippen LogP contribution in [0.2, 0.25) is 0 Å². The predicted molar refractivity (Wildman–Crippen MR) is 103 cm³/mol. The van der Waals surface area contributed by atoms with Gasteiger partial charge in [0.25, 0.3) is 0 Å². The van der Waals surface area contributed by atoms with Crippen LogP contribution in [0.1, 0.15) is 0 Å². The summed E-state index contributed by atoms with van der Waals surface area (Å²) in [5.41, 5.74) is 0. The summed E-state index contributed by atoms with van der Waals surface area (Å²) >= 11 is 0. The van der Waals surface area contributed by atoms with Gasteiger partial charge in [-0.1, -0.05) is 18.2 Å². The van der Waals surface area contributed by atoms with Crippen LogP contribution in [0, 0.1) is 0 Å². The van der Waals surface area contributed by atoms with E-state index in [0.717, 1.165) is 0 Å². The molecule has 3 rings (SSSR count). The fraction of sp³-hybridized carbons (Fsp3) is 0.105. The SMILES string of the molecule is COc1cccc(OP(=O)(Nc2ccccn2)Oc2cccc(OC)c2)c1. The third kappa shape index (κ3) is 5.15. The van der Waals surface area contributed by atoms with Gasteiger partial charge in [0, 0.05) is 18.3 Å². The van der Waals surface area contributed by atoms with Crippen LogP contribution < -0.4 is 23.6 Å². The number of benzene rings is 2. The first-order valence-corrected chi connectivity index (χ1v) is 9.61. The molecule has 0 saturated heterocycles. The summed E-state index contributed by atoms with van der Waals surface area (Å²) in [6.07, 6.45) is 1.57. The van der Waals surface area contributed by atoms with Crippen molar-refractivity contribution in [2.45, 2.75) is 0 Å². The van der Waals surface area contributed by atoms with Crippen LogP contribution in [0.25, 0.3) is 0 Å². The summed E-state index contributed by atoms with van der Waals surface area (Å²) < 4.78 is 35.2. The van der Waals surface area contributed by atoms with Gasteiger partial charge in [0.1, 0.15) is 28.8 Å². The van der Waals surface area contributed by atoms with Gasteiger partial charge in [0.15, 0.2) is 0 Å². The predicted octanol–water partition coefficient (Wildman–Crippen LogP) is 4.78. The highest BCUT2D eigenvalue weighted by Crippen LogP contribution is 2.48. The van der Waals surface area contributed by atoms with Crippen LogP contribution in [0.5, 0.6) is 23.0 Å². The lowest BCUT2D eigenvalue weighted by Gasteiger charge is -2.21. The molecule has 1 aromatic heterocycles. The van der Waals surface area contributed by atoms with Crippen LogP contribution >= 0.6 is 7.75 Å². The quantitative estimate of drug-likeness (QED) is 0.558. The van der Waals surface area contributed by atoms with E-state index >= 15 is 0 Å². The molecule has 27 heavy (non-hydrogen) atoms. The lowest BCUT2D eigenvalue weighted by Crippen LogP contribution is -2.10. The van der Waals surface area contributed by atoms with Gasteiger partial charge in [-0.3, -0.25) is 5.09 Å². The van der Waals surface area contributed by atoms with Crippen molar-refractivity contribution in [3.63, 3.8) is 0 Å². The van der Waals surface area contributed by atoms with Gasteiger partial charge < -0.3 is 18.5 Å². The molecule has 8 heteroatoms. The van der Waals surface area contributed by atoms with Crippen molar-refractivity contribution in [3.05, 3.63) is 72.9 Å². The van der Waals surface area contributed by atoms with Crippen molar-refractivity contribution < 1.29 is 23.1 Å². The first-order valence-electron chi connectivity index (χ1n) is 8.07. The number of hydrogen-bond acceptors (Lipinski definition) is 6. The van der Waals surface area contributed by atoms with Crippen LogP contribution in [-0.2, 0) is 4.57 Å². The summed E-state index contributed by atoms with van der Waals surface area (Å²) in [5, 5.41) is 2.75. The van der Waals surface area contributed by atoms with Crippen molar-refractivity contribution in [3.8, 4) is 23.0 Å². The van der Waals surface area contributed by atoms with Crippen LogP contribution in [-0.4, -0.2) is 19.2 Å². The number of nitrogens with zero attached hydrogens (tertiary/aromatic N) is 1. The average Bonchev–Trinajstić information content (AvgIpc) is 2.68. The molecule has 140 valence electrons. The number of methoxy groups -OCH3 is 2. The van der Waals surface area contributed by atoms with Gasteiger partial charge in [-0.25, -0.2) is 9.55 Å². The molecule has 0 atom stereocenters. The Labute approximate surface area is 157 Å². The molecular weight excluding hydrogens is 367 g/mol. The second-order valence-electron chi connectivity index (χ2n) is 5.36. The van der Waals surface area contributed by atoms with Crippen molar-refractivity contribution in [2.75, 3.05) is 19.3 Å². The molecule has 0 radical (unpaired) electrons. The molecule has 0 fully saturated rings. The van der Waals surface area contributed by atoms with E-state index < -0.39 is 7.75 Å². The Hall–Kier alpha value is -3.18. The van der Waals surface area contributed by atoms with Crippen LogP contribution in [0.4, 0.5) is 5.82 Å². The maximum absolute atomic E-state index is 13.4. The molecule has 0 spiro atoms. The smallest absolute Gasteiger partial charge is 0.497 e. The van der Waals surface area contributed by atoms with Gasteiger partial charge in [-0.15, -0.1) is 0 Å². The third-order valence-corrected chi connectivity index (χ3v) is 4.86. The molecule has 0 saturated carbocycles. The van der Waals surface area contributed by atoms with Crippen LogP contribution in [0.15, 0.2) is 72.9 Å². The summed E-state index contributed by atoms with van der Waals surface area (Å²) in [6.45, 7) is 0. The third-order valence-electron chi connectivity index (χ3n) is 3.45. The minimum atomic E-state index is -3.87. The number of rotatable bonds is 8. The molecular formula is C19H19N2O5P. The summed E-state index contributed by atoms with van der Waals surface area (Å²) in [6, 6.07) is 18.7. The summed E-state index contributed by atoms with van der Waals surface area (Å²) in [5.74, 6) is 2.14. The lowest BCUT2D eigenvalue weighted by molar-refractivity contribution is 0.384. The van der Waals surface area contributed by atoms with E-state index in [4.69, 9.17) is 18.5 Å². The summed E-state index contributed by atoms with van der Waals surface area (Å²) in [4.78, 5) is 4.12. The van der Waals surface area contributed by atoms with E-state index in [1.165, 1.54) is 14.2 Å². The molecule has 0 aliphatic carbocycles. The molecule has 0 unspecified atom stereocenters. The molecule has 0 amide bonds. The van der Waals surface area contributed by atoms with Gasteiger partial charge in [0.05, 0.1) is 14.2 Å². The maximum atomic E-state index is 13.4. The number of nitrogens with one attached hydrogen (secondary N) is 1. The van der Waals surface area contributed by atoms with E-state index in [1.807, 2.05) is 0 Å². The molecule has 7 nitrogen and oxygen atoms in total. The van der Waals surface area contributed by atoms with E-state index in [-0.39, 0.29) is 0 Å². The highest BCUT2D eigenvalue weighted by Gasteiger charge is 2.30. The topological polar surface area (TPSA) is 78.9 Å². The van der Waals surface area contributed by atoms with Crippen molar-refractivity contribution >= 4 is 13.6 Å². The zero-order chi connectivity index (χ0) is 19.1. The second kappa shape index (κ2) is 8.47. The first-order chi connectivity index (χ1) is 13.1. The Morgan fingerprint density at radius 1 is 0.778 bits per heavy atom. The highest BCUT2D eigenvalue weighted by atomic mass is 31.2. The molecule has 2 aromatic carbocycles. The molecule has 0 bridgehead atoms. The number of ether oxygens (including phenoxy) is 2. The zero-order valence-corrected chi connectivity index (χ0v) is 15.8. The normalized spacial score (nSPS) is 10.7. The zero-order valence-electron chi connectivity index (χ0n) is 14.9. The van der Waals surface area contributed by atoms with E-state index in [9.17, 15) is 4.57 Å². The number of aromatic nitrogens is 1. The van der Waals surface area contributed by atoms with Gasteiger partial charge >= 0.3 is 7.75 Å². The fourth-order valence-electron chi connectivity index (χ4n) is 2.23. The van der Waals surface area contributed by atoms with Gasteiger partial charge in [0.2, 0.25) is 0 Å². The maximum Gasteiger partial charge on any atom is 0.542 e. The summed E-state index contributed by atoms with van der Waals surface area (Å²) in [7, 11) is -0.791. The van der Waals surface area contributed by atoms with Crippen LogP contribution in [0.3, 0.4) is 0 Å². The standard InChI is InChI=1S/C19H19N2O5P/c1-23-15-7-5-9-17(13-15)25-27(22,21-19-11-3-4-12-20-19)26-18-10-6-8-16(14-18)24-2/h3-14H,1-2H3,(H,20,21,22). The molecule has 3 aromatic rings. The van der Waals surface area contributed by atoms with Gasteiger partial charge in [-0.2, -0.15) is 0 Å². The average molecular weight is 386 g/mol. The van der Waals surface area contributed by atoms with Crippen molar-refractivity contribution in [2.24, 2.45) is 0 Å². The largest absolute Gasteiger partial charge is 0.542 e. The minimum Gasteiger partial charge on any atom is -0.497 e. The Morgan fingerprint density at radius 2 is 1.33 bits per heavy atom. The number of hydrogen-bond donors (Lipinski definition) is 1. The first kappa shape index (κ1) is 18.6. The fourth-order valence-corrected chi connectivity index (χ4v) is 3.55. The molecule has 0 aliphatic rings.